The van der Waals surface area contributed by atoms with Crippen LogP contribution in [0.15, 0.2) is 54.8 Å². The summed E-state index contributed by atoms with van der Waals surface area (Å²) in [7, 11) is -2.67. The van der Waals surface area contributed by atoms with E-state index in [-0.39, 0.29) is 12.4 Å². The van der Waals surface area contributed by atoms with Gasteiger partial charge in [-0.25, -0.2) is 19.5 Å². The van der Waals surface area contributed by atoms with Gasteiger partial charge < -0.3 is 15.0 Å². The molecule has 11 nitrogen and oxygen atoms in total. The van der Waals surface area contributed by atoms with Crippen molar-refractivity contribution in [1.82, 2.24) is 24.6 Å². The Kier molecular flexibility index (Phi) is 7.17. The van der Waals surface area contributed by atoms with E-state index < -0.39 is 19.8 Å². The van der Waals surface area contributed by atoms with E-state index in [9.17, 15) is 9.36 Å². The third-order valence-corrected chi connectivity index (χ3v) is 5.57. The SMILES string of the molecule is COC(=O)C(C)NP(=O)(OCC=C=Cn1cnc2c(N)ncnc21)Oc1ccccc1. The summed E-state index contributed by atoms with van der Waals surface area (Å²) in [4.78, 5) is 23.8. The van der Waals surface area contributed by atoms with Crippen LogP contribution in [0.5, 0.6) is 5.75 Å². The number of fused-ring (bicyclic) bond motifs is 1. The number of anilines is 1. The number of para-hydroxylation sites is 1. The van der Waals surface area contributed by atoms with Crippen molar-refractivity contribution in [1.29, 1.82) is 0 Å². The van der Waals surface area contributed by atoms with Crippen molar-refractivity contribution in [2.75, 3.05) is 19.5 Å². The lowest BCUT2D eigenvalue weighted by molar-refractivity contribution is -0.142. The first kappa shape index (κ1) is 22.2. The van der Waals surface area contributed by atoms with Gasteiger partial charge in [0.2, 0.25) is 0 Å². The summed E-state index contributed by atoms with van der Waals surface area (Å²) in [6.45, 7) is 1.37. The number of hydrogen-bond acceptors (Lipinski definition) is 9. The molecule has 0 aliphatic rings. The van der Waals surface area contributed by atoms with Gasteiger partial charge in [0.05, 0.1) is 19.9 Å². The summed E-state index contributed by atoms with van der Waals surface area (Å²) >= 11 is 0. The molecule has 0 saturated heterocycles. The number of esters is 1. The molecule has 1 aromatic carbocycles. The molecular weight excluding hydrogens is 423 g/mol. The van der Waals surface area contributed by atoms with Crippen LogP contribution in [0, 0.1) is 0 Å². The van der Waals surface area contributed by atoms with Gasteiger partial charge in [-0.3, -0.25) is 13.9 Å². The zero-order valence-electron chi connectivity index (χ0n) is 16.8. The first-order chi connectivity index (χ1) is 14.9. The standard InChI is InChI=1S/C19H21N6O5P/c1-14(19(26)28-2)24-31(27,30-15-8-4-3-5-9-15)29-11-7-6-10-25-13-23-16-17(20)21-12-22-18(16)25/h3-5,7-10,12-14H,11H2,1-2H3,(H,24,27)(H2,20,21,22). The highest BCUT2D eigenvalue weighted by Gasteiger charge is 2.31. The monoisotopic (exact) mass is 444 g/mol. The lowest BCUT2D eigenvalue weighted by Gasteiger charge is -2.21. The maximum absolute atomic E-state index is 13.2. The number of benzene rings is 1. The average Bonchev–Trinajstić information content (AvgIpc) is 3.18. The van der Waals surface area contributed by atoms with Crippen molar-refractivity contribution in [2.24, 2.45) is 0 Å². The maximum atomic E-state index is 13.2. The van der Waals surface area contributed by atoms with Crippen LogP contribution >= 0.6 is 7.75 Å². The molecule has 0 amide bonds. The van der Waals surface area contributed by atoms with Gasteiger partial charge in [-0.1, -0.05) is 18.2 Å². The number of nitrogens with zero attached hydrogens (tertiary/aromatic N) is 4. The Morgan fingerprint density at radius 3 is 2.84 bits per heavy atom. The van der Waals surface area contributed by atoms with Crippen molar-refractivity contribution in [3.63, 3.8) is 0 Å². The lowest BCUT2D eigenvalue weighted by Crippen LogP contribution is -2.34. The van der Waals surface area contributed by atoms with Crippen molar-refractivity contribution in [3.05, 3.63) is 54.8 Å². The Morgan fingerprint density at radius 2 is 2.10 bits per heavy atom. The largest absolute Gasteiger partial charge is 0.468 e. The van der Waals surface area contributed by atoms with E-state index >= 15 is 0 Å². The minimum Gasteiger partial charge on any atom is -0.468 e. The van der Waals surface area contributed by atoms with Gasteiger partial charge in [0, 0.05) is 0 Å². The summed E-state index contributed by atoms with van der Waals surface area (Å²) in [6, 6.07) is 7.55. The highest BCUT2D eigenvalue weighted by atomic mass is 31.2. The van der Waals surface area contributed by atoms with Crippen LogP contribution in [0.2, 0.25) is 0 Å². The van der Waals surface area contributed by atoms with E-state index in [1.54, 1.807) is 41.1 Å². The van der Waals surface area contributed by atoms with Gasteiger partial charge in [0.25, 0.3) is 0 Å². The third kappa shape index (κ3) is 5.78. The summed E-state index contributed by atoms with van der Waals surface area (Å²) in [5.41, 5.74) is 9.61. The Morgan fingerprint density at radius 1 is 1.32 bits per heavy atom. The molecule has 0 saturated carbocycles. The minimum absolute atomic E-state index is 0.120. The van der Waals surface area contributed by atoms with Crippen LogP contribution in [0.3, 0.4) is 0 Å². The van der Waals surface area contributed by atoms with E-state index in [1.807, 2.05) is 0 Å². The molecule has 12 heteroatoms. The predicted octanol–water partition coefficient (Wildman–Crippen LogP) is 2.39. The first-order valence-electron chi connectivity index (χ1n) is 9.11. The van der Waals surface area contributed by atoms with E-state index in [0.29, 0.717) is 16.9 Å². The van der Waals surface area contributed by atoms with E-state index in [1.165, 1.54) is 32.8 Å². The van der Waals surface area contributed by atoms with Crippen molar-refractivity contribution < 1.29 is 23.1 Å². The average molecular weight is 444 g/mol. The summed E-state index contributed by atoms with van der Waals surface area (Å²) in [5, 5.41) is 2.56. The predicted molar refractivity (Wildman–Crippen MR) is 114 cm³/mol. The minimum atomic E-state index is -3.90. The van der Waals surface area contributed by atoms with Crippen molar-refractivity contribution in [3.8, 4) is 5.75 Å². The number of carbonyl (C=O) groups excluding carboxylic acids is 1. The molecule has 3 rings (SSSR count). The van der Waals surface area contributed by atoms with Crippen LogP contribution in [0.1, 0.15) is 6.92 Å². The van der Waals surface area contributed by atoms with Crippen LogP contribution in [-0.2, 0) is 18.6 Å². The van der Waals surface area contributed by atoms with E-state index in [2.05, 4.69) is 30.5 Å². The molecule has 2 unspecified atom stereocenters. The van der Waals surface area contributed by atoms with Gasteiger partial charge in [-0.2, -0.15) is 5.09 Å². The Hall–Kier alpha value is -3.49. The molecule has 0 fully saturated rings. The molecule has 0 radical (unpaired) electrons. The lowest BCUT2D eigenvalue weighted by atomic mass is 10.3. The van der Waals surface area contributed by atoms with Crippen LogP contribution in [0.4, 0.5) is 5.82 Å². The highest BCUT2D eigenvalue weighted by molar-refractivity contribution is 7.52. The molecule has 2 heterocycles. The second-order valence-electron chi connectivity index (χ2n) is 6.15. The molecule has 0 aliphatic carbocycles. The fourth-order valence-corrected chi connectivity index (χ4v) is 3.89. The van der Waals surface area contributed by atoms with E-state index in [4.69, 9.17) is 14.8 Å². The Labute approximate surface area is 178 Å². The van der Waals surface area contributed by atoms with Crippen LogP contribution in [0.25, 0.3) is 17.4 Å². The number of aromatic nitrogens is 4. The molecule has 3 N–H and O–H groups in total. The van der Waals surface area contributed by atoms with Gasteiger partial charge in [0.1, 0.15) is 24.4 Å². The molecule has 31 heavy (non-hydrogen) atoms. The molecule has 2 aromatic heterocycles. The topological polar surface area (TPSA) is 143 Å². The molecule has 162 valence electrons. The first-order valence-corrected chi connectivity index (χ1v) is 10.6. The number of methoxy groups -OCH3 is 1. The van der Waals surface area contributed by atoms with Gasteiger partial charge in [0.15, 0.2) is 17.0 Å². The van der Waals surface area contributed by atoms with Crippen LogP contribution in [-0.4, -0.2) is 45.2 Å². The number of hydrogen-bond donors (Lipinski definition) is 2. The Balaban J connectivity index is 1.71. The summed E-state index contributed by atoms with van der Waals surface area (Å²) in [6.07, 6.45) is 5.89. The highest BCUT2D eigenvalue weighted by Crippen LogP contribution is 2.44. The molecule has 2 atom stereocenters. The number of carbonyl (C=O) groups is 1. The quantitative estimate of drug-likeness (QED) is 0.287. The zero-order valence-corrected chi connectivity index (χ0v) is 17.7. The number of rotatable bonds is 9. The van der Waals surface area contributed by atoms with Gasteiger partial charge in [-0.05, 0) is 25.1 Å². The smallest absolute Gasteiger partial charge is 0.459 e. The third-order valence-electron chi connectivity index (χ3n) is 3.92. The number of ether oxygens (including phenoxy) is 1. The van der Waals surface area contributed by atoms with Gasteiger partial charge in [-0.15, -0.1) is 5.73 Å². The van der Waals surface area contributed by atoms with Gasteiger partial charge >= 0.3 is 13.7 Å². The summed E-state index contributed by atoms with van der Waals surface area (Å²) < 4.78 is 30.3. The second-order valence-corrected chi connectivity index (χ2v) is 7.85. The molecular formula is C19H21N6O5P. The Bertz CT molecular complexity index is 1160. The maximum Gasteiger partial charge on any atom is 0.459 e. The molecule has 0 bridgehead atoms. The number of imidazole rings is 1. The fraction of sp³-hybridized carbons (Fsp3) is 0.211. The van der Waals surface area contributed by atoms with Crippen LogP contribution < -0.4 is 15.3 Å². The number of nitrogens with one attached hydrogen (secondary N) is 1. The molecule has 0 spiro atoms. The van der Waals surface area contributed by atoms with E-state index in [0.717, 1.165) is 0 Å². The number of nitrogen functional groups attached to an aromatic ring is 1. The molecule has 0 aliphatic heterocycles. The second kappa shape index (κ2) is 10.0. The normalized spacial score (nSPS) is 13.6. The van der Waals surface area contributed by atoms with Crippen molar-refractivity contribution in [2.45, 2.75) is 13.0 Å². The number of nitrogens with two attached hydrogens (primary N) is 1. The zero-order chi connectivity index (χ0) is 22.3. The van der Waals surface area contributed by atoms with Crippen molar-refractivity contribution >= 4 is 36.9 Å². The molecule has 3 aromatic rings. The summed E-state index contributed by atoms with van der Waals surface area (Å²) in [5.74, 6) is -0.0180. The fourth-order valence-electron chi connectivity index (χ4n) is 2.46.